The van der Waals surface area contributed by atoms with E-state index in [4.69, 9.17) is 61.9 Å². The number of carbonyl (C=O) groups excluding carboxylic acids is 2. The molecular formula is C34H64N2O16. The quantitative estimate of drug-likeness (QED) is 0.0547. The van der Waals surface area contributed by atoms with Crippen LogP contribution in [0.4, 0.5) is 0 Å². The predicted octanol–water partition coefficient (Wildman–Crippen LogP) is -0.141. The topological polar surface area (TPSA) is 206 Å². The molecule has 3 N–H and O–H groups in total. The molecule has 0 fully saturated rings. The van der Waals surface area contributed by atoms with Gasteiger partial charge in [-0.1, -0.05) is 6.58 Å². The summed E-state index contributed by atoms with van der Waals surface area (Å²) >= 11 is 0. The van der Waals surface area contributed by atoms with E-state index in [0.29, 0.717) is 177 Å². The van der Waals surface area contributed by atoms with Crippen molar-refractivity contribution < 1.29 is 76.3 Å². The molecule has 0 aromatic heterocycles. The minimum atomic E-state index is -0.999. The van der Waals surface area contributed by atoms with Crippen molar-refractivity contribution in [2.75, 3.05) is 172 Å². The maximum atomic E-state index is 11.3. The number of nitrogens with one attached hydrogen (secondary N) is 2. The Morgan fingerprint density at radius 3 is 0.865 bits per heavy atom. The third-order valence-corrected chi connectivity index (χ3v) is 6.15. The Morgan fingerprint density at radius 2 is 0.635 bits per heavy atom. The number of carboxylic acid groups (broad SMARTS) is 1. The fourth-order valence-electron chi connectivity index (χ4n) is 3.48. The van der Waals surface area contributed by atoms with Crippen LogP contribution in [0.5, 0.6) is 0 Å². The van der Waals surface area contributed by atoms with E-state index in [0.717, 1.165) is 0 Å². The van der Waals surface area contributed by atoms with Crippen LogP contribution in [0.25, 0.3) is 0 Å². The molecule has 0 heterocycles. The van der Waals surface area contributed by atoms with Gasteiger partial charge in [-0.2, -0.15) is 0 Å². The van der Waals surface area contributed by atoms with Crippen LogP contribution in [0.1, 0.15) is 19.8 Å². The summed E-state index contributed by atoms with van der Waals surface area (Å²) in [5.74, 6) is -1.48. The number of carboxylic acids is 1. The van der Waals surface area contributed by atoms with E-state index < -0.39 is 5.97 Å². The number of ether oxygens (including phenoxy) is 12. The lowest BCUT2D eigenvalue weighted by atomic mass is 10.3. The standard InChI is InChI=1S/C34H64N2O16/c1-31(2)34(40)36-6-8-42-10-12-44-14-16-46-18-20-48-22-24-50-26-28-52-30-29-51-27-25-49-23-21-47-19-17-45-15-13-43-11-9-41-7-5-35-32(37)3-4-33(38)39/h1,3-30H2,2H3,(H,35,37)(H,36,40)(H,38,39). The van der Waals surface area contributed by atoms with E-state index in [9.17, 15) is 14.4 Å². The van der Waals surface area contributed by atoms with Gasteiger partial charge < -0.3 is 72.6 Å². The van der Waals surface area contributed by atoms with Crippen LogP contribution in [0.15, 0.2) is 12.2 Å². The molecule has 0 atom stereocenters. The van der Waals surface area contributed by atoms with Gasteiger partial charge in [-0.3, -0.25) is 14.4 Å². The highest BCUT2D eigenvalue weighted by Gasteiger charge is 2.04. The van der Waals surface area contributed by atoms with Crippen LogP contribution in [0.2, 0.25) is 0 Å². The fraction of sp³-hybridized carbons (Fsp3) is 0.853. The monoisotopic (exact) mass is 756 g/mol. The number of carbonyl (C=O) groups is 3. The zero-order valence-electron chi connectivity index (χ0n) is 31.1. The molecule has 0 aliphatic rings. The van der Waals surface area contributed by atoms with Gasteiger partial charge in [-0.25, -0.2) is 0 Å². The number of rotatable bonds is 43. The zero-order valence-corrected chi connectivity index (χ0v) is 31.1. The summed E-state index contributed by atoms with van der Waals surface area (Å²) in [7, 11) is 0. The molecular weight excluding hydrogens is 692 g/mol. The highest BCUT2D eigenvalue weighted by Crippen LogP contribution is 1.90. The molecule has 306 valence electrons. The summed E-state index contributed by atoms with van der Waals surface area (Å²) in [5.41, 5.74) is 0.474. The van der Waals surface area contributed by atoms with Crippen molar-refractivity contribution >= 4 is 17.8 Å². The van der Waals surface area contributed by atoms with E-state index in [1.807, 2.05) is 0 Å². The maximum Gasteiger partial charge on any atom is 0.303 e. The third kappa shape index (κ3) is 42.1. The van der Waals surface area contributed by atoms with Crippen molar-refractivity contribution in [3.8, 4) is 0 Å². The second kappa shape index (κ2) is 41.4. The summed E-state index contributed by atoms with van der Waals surface area (Å²) in [6.45, 7) is 16.9. The minimum Gasteiger partial charge on any atom is -0.481 e. The van der Waals surface area contributed by atoms with E-state index in [1.165, 1.54) is 0 Å². The average Bonchev–Trinajstić information content (AvgIpc) is 3.13. The molecule has 18 nitrogen and oxygen atoms in total. The van der Waals surface area contributed by atoms with E-state index >= 15 is 0 Å². The van der Waals surface area contributed by atoms with Crippen molar-refractivity contribution in [3.63, 3.8) is 0 Å². The Kier molecular flexibility index (Phi) is 39.6. The van der Waals surface area contributed by atoms with E-state index in [1.54, 1.807) is 6.92 Å². The summed E-state index contributed by atoms with van der Waals surface area (Å²) in [5, 5.41) is 13.8. The highest BCUT2D eigenvalue weighted by atomic mass is 16.6. The fourth-order valence-corrected chi connectivity index (χ4v) is 3.48. The number of aliphatic carboxylic acids is 1. The first kappa shape index (κ1) is 49.7. The van der Waals surface area contributed by atoms with Crippen LogP contribution in [0, 0.1) is 0 Å². The summed E-state index contributed by atoms with van der Waals surface area (Å²) in [4.78, 5) is 33.0. The molecule has 0 saturated carbocycles. The van der Waals surface area contributed by atoms with Crippen LogP contribution in [0.3, 0.4) is 0 Å². The van der Waals surface area contributed by atoms with Crippen LogP contribution in [-0.4, -0.2) is 195 Å². The second-order valence-corrected chi connectivity index (χ2v) is 10.6. The van der Waals surface area contributed by atoms with Gasteiger partial charge in [0.15, 0.2) is 0 Å². The molecule has 0 aliphatic carbocycles. The Hall–Kier alpha value is -2.33. The maximum absolute atomic E-state index is 11.3. The Bertz CT molecular complexity index is 839. The molecule has 52 heavy (non-hydrogen) atoms. The molecule has 0 aromatic carbocycles. The van der Waals surface area contributed by atoms with Crippen LogP contribution in [-0.2, 0) is 71.2 Å². The van der Waals surface area contributed by atoms with Crippen molar-refractivity contribution in [2.24, 2.45) is 0 Å². The lowest BCUT2D eigenvalue weighted by molar-refractivity contribution is -0.138. The molecule has 18 heteroatoms. The van der Waals surface area contributed by atoms with Gasteiger partial charge in [-0.05, 0) is 6.92 Å². The predicted molar refractivity (Wildman–Crippen MR) is 188 cm³/mol. The lowest BCUT2D eigenvalue weighted by Crippen LogP contribution is -2.27. The smallest absolute Gasteiger partial charge is 0.303 e. The van der Waals surface area contributed by atoms with Gasteiger partial charge in [0, 0.05) is 25.1 Å². The summed E-state index contributed by atoms with van der Waals surface area (Å²) in [6.07, 6.45) is -0.223. The SMILES string of the molecule is C=C(C)C(=O)NCCOCCOCCOCCOCCOCCOCCOCCOCCOCCOCCOCCOCCNC(=O)CCC(=O)O. The van der Waals surface area contributed by atoms with Crippen LogP contribution < -0.4 is 10.6 Å². The minimum absolute atomic E-state index is 0.0388. The molecule has 2 amide bonds. The van der Waals surface area contributed by atoms with Crippen molar-refractivity contribution in [1.29, 1.82) is 0 Å². The molecule has 0 spiro atoms. The largest absolute Gasteiger partial charge is 0.481 e. The van der Waals surface area contributed by atoms with Gasteiger partial charge in [0.25, 0.3) is 0 Å². The molecule has 0 saturated heterocycles. The molecule has 0 aliphatic heterocycles. The third-order valence-electron chi connectivity index (χ3n) is 6.15. The lowest BCUT2D eigenvalue weighted by Gasteiger charge is -2.09. The Morgan fingerprint density at radius 1 is 0.404 bits per heavy atom. The van der Waals surface area contributed by atoms with Gasteiger partial charge in [-0.15, -0.1) is 0 Å². The van der Waals surface area contributed by atoms with Crippen molar-refractivity contribution in [1.82, 2.24) is 10.6 Å². The molecule has 0 aromatic rings. The first-order valence-electron chi connectivity index (χ1n) is 17.8. The van der Waals surface area contributed by atoms with Crippen LogP contribution >= 0.6 is 0 Å². The Labute approximate surface area is 308 Å². The zero-order chi connectivity index (χ0) is 38.0. The summed E-state index contributed by atoms with van der Waals surface area (Å²) < 4.78 is 65.1. The molecule has 0 unspecified atom stereocenters. The summed E-state index contributed by atoms with van der Waals surface area (Å²) in [6, 6.07) is 0. The number of hydrogen-bond donors (Lipinski definition) is 3. The number of hydrogen-bond acceptors (Lipinski definition) is 15. The van der Waals surface area contributed by atoms with Gasteiger partial charge in [0.2, 0.25) is 11.8 Å². The first-order valence-corrected chi connectivity index (χ1v) is 17.8. The molecule has 0 radical (unpaired) electrons. The van der Waals surface area contributed by atoms with E-state index in [-0.39, 0.29) is 24.7 Å². The van der Waals surface area contributed by atoms with Gasteiger partial charge in [0.05, 0.1) is 165 Å². The Balaban J connectivity index is 3.11. The van der Waals surface area contributed by atoms with Gasteiger partial charge >= 0.3 is 5.97 Å². The van der Waals surface area contributed by atoms with E-state index in [2.05, 4.69) is 17.2 Å². The number of amides is 2. The van der Waals surface area contributed by atoms with Gasteiger partial charge in [0.1, 0.15) is 0 Å². The van der Waals surface area contributed by atoms with Crippen molar-refractivity contribution in [2.45, 2.75) is 19.8 Å². The van der Waals surface area contributed by atoms with Crippen molar-refractivity contribution in [3.05, 3.63) is 12.2 Å². The molecule has 0 bridgehead atoms. The first-order chi connectivity index (χ1) is 25.4. The average molecular weight is 757 g/mol. The normalized spacial score (nSPS) is 11.2. The molecule has 0 rings (SSSR count). The second-order valence-electron chi connectivity index (χ2n) is 10.6. The highest BCUT2D eigenvalue weighted by molar-refractivity contribution is 5.92.